The molecule has 4 rings (SSSR count). The molecule has 2 N–H and O–H groups in total. The van der Waals surface area contributed by atoms with Crippen LogP contribution in [0.4, 0.5) is 5.95 Å². The maximum absolute atomic E-state index is 11.4. The minimum atomic E-state index is -0.974. The molecule has 0 radical (unpaired) electrons. The highest BCUT2D eigenvalue weighted by Gasteiger charge is 2.17. The maximum Gasteiger partial charge on any atom is 0.352 e. The van der Waals surface area contributed by atoms with Gasteiger partial charge >= 0.3 is 5.97 Å². The molecule has 1 aliphatic heterocycles. The molecule has 1 saturated heterocycles. The SMILES string of the molecule is Cn1c(C(=O)O)cc2cccc(Oc3ccnc(N4CCNCC4)n3)c21. The summed E-state index contributed by atoms with van der Waals surface area (Å²) in [4.78, 5) is 22.3. The molecule has 0 amide bonds. The number of aryl methyl sites for hydroxylation is 1. The van der Waals surface area contributed by atoms with Crippen molar-refractivity contribution in [1.29, 1.82) is 0 Å². The predicted octanol–water partition coefficient (Wildman–Crippen LogP) is 1.87. The van der Waals surface area contributed by atoms with Gasteiger partial charge in [-0.15, -0.1) is 0 Å². The number of aromatic nitrogens is 3. The fraction of sp³-hybridized carbons (Fsp3) is 0.278. The highest BCUT2D eigenvalue weighted by Crippen LogP contribution is 2.31. The Morgan fingerprint density at radius 3 is 2.85 bits per heavy atom. The largest absolute Gasteiger partial charge is 0.477 e. The zero-order valence-corrected chi connectivity index (χ0v) is 14.3. The Morgan fingerprint density at radius 2 is 2.08 bits per heavy atom. The Balaban J connectivity index is 1.68. The van der Waals surface area contributed by atoms with Crippen LogP contribution >= 0.6 is 0 Å². The van der Waals surface area contributed by atoms with E-state index in [0.717, 1.165) is 31.6 Å². The van der Waals surface area contributed by atoms with E-state index in [0.29, 0.717) is 23.1 Å². The lowest BCUT2D eigenvalue weighted by Gasteiger charge is -2.27. The third-order valence-electron chi connectivity index (χ3n) is 4.47. The van der Waals surface area contributed by atoms with Gasteiger partial charge in [0, 0.05) is 50.9 Å². The van der Waals surface area contributed by atoms with Crippen LogP contribution in [0.1, 0.15) is 10.5 Å². The topological polar surface area (TPSA) is 92.5 Å². The van der Waals surface area contributed by atoms with Gasteiger partial charge in [0.1, 0.15) is 5.69 Å². The molecule has 0 bridgehead atoms. The average molecular weight is 353 g/mol. The number of fused-ring (bicyclic) bond motifs is 1. The molecule has 134 valence electrons. The molecule has 1 fully saturated rings. The van der Waals surface area contributed by atoms with Crippen LogP contribution in [-0.4, -0.2) is 51.8 Å². The first-order valence-corrected chi connectivity index (χ1v) is 8.42. The molecule has 3 heterocycles. The molecule has 0 saturated carbocycles. The second kappa shape index (κ2) is 6.64. The summed E-state index contributed by atoms with van der Waals surface area (Å²) in [5, 5.41) is 13.4. The Hall–Kier alpha value is -3.13. The van der Waals surface area contributed by atoms with Crippen LogP contribution in [-0.2, 0) is 7.05 Å². The molecule has 1 aliphatic rings. The van der Waals surface area contributed by atoms with E-state index in [1.54, 1.807) is 36.0 Å². The van der Waals surface area contributed by atoms with Crippen molar-refractivity contribution in [3.05, 3.63) is 42.2 Å². The Bertz CT molecular complexity index is 963. The van der Waals surface area contributed by atoms with Crippen LogP contribution in [0.3, 0.4) is 0 Å². The van der Waals surface area contributed by atoms with Gasteiger partial charge in [-0.2, -0.15) is 4.98 Å². The number of hydrogen-bond acceptors (Lipinski definition) is 6. The van der Waals surface area contributed by atoms with Crippen LogP contribution in [0.2, 0.25) is 0 Å². The number of rotatable bonds is 4. The van der Waals surface area contributed by atoms with Gasteiger partial charge < -0.3 is 24.6 Å². The van der Waals surface area contributed by atoms with Crippen molar-refractivity contribution in [3.63, 3.8) is 0 Å². The monoisotopic (exact) mass is 353 g/mol. The third-order valence-corrected chi connectivity index (χ3v) is 4.47. The van der Waals surface area contributed by atoms with Gasteiger partial charge in [-0.05, 0) is 12.1 Å². The Kier molecular flexibility index (Phi) is 4.18. The van der Waals surface area contributed by atoms with Gasteiger partial charge in [0.2, 0.25) is 11.8 Å². The molecular weight excluding hydrogens is 334 g/mol. The van der Waals surface area contributed by atoms with Crippen molar-refractivity contribution >= 4 is 22.8 Å². The first-order chi connectivity index (χ1) is 12.6. The van der Waals surface area contributed by atoms with E-state index < -0.39 is 5.97 Å². The van der Waals surface area contributed by atoms with E-state index in [9.17, 15) is 9.90 Å². The lowest BCUT2D eigenvalue weighted by molar-refractivity contribution is 0.0687. The molecule has 1 aromatic carbocycles. The quantitative estimate of drug-likeness (QED) is 0.740. The number of carboxylic acids is 1. The van der Waals surface area contributed by atoms with Gasteiger partial charge in [-0.25, -0.2) is 9.78 Å². The maximum atomic E-state index is 11.4. The predicted molar refractivity (Wildman–Crippen MR) is 97.1 cm³/mol. The molecule has 0 aliphatic carbocycles. The van der Waals surface area contributed by atoms with E-state index in [2.05, 4.69) is 20.2 Å². The van der Waals surface area contributed by atoms with Gasteiger partial charge in [-0.1, -0.05) is 12.1 Å². The summed E-state index contributed by atoms with van der Waals surface area (Å²) in [5.74, 6) is 0.647. The standard InChI is InChI=1S/C18H19N5O3/c1-22-13(17(24)25)11-12-3-2-4-14(16(12)22)26-15-5-6-20-18(21-15)23-9-7-19-8-10-23/h2-6,11,19H,7-10H2,1H3,(H,24,25). The summed E-state index contributed by atoms with van der Waals surface area (Å²) in [7, 11) is 1.71. The second-order valence-electron chi connectivity index (χ2n) is 6.12. The molecule has 2 aromatic heterocycles. The highest BCUT2D eigenvalue weighted by molar-refractivity contribution is 5.96. The molecule has 26 heavy (non-hydrogen) atoms. The van der Waals surface area contributed by atoms with Crippen LogP contribution in [0.5, 0.6) is 11.6 Å². The number of anilines is 1. The number of piperazine rings is 1. The number of carboxylic acid groups (broad SMARTS) is 1. The molecule has 0 spiro atoms. The molecular formula is C18H19N5O3. The number of aromatic carboxylic acids is 1. The molecule has 8 heteroatoms. The zero-order valence-electron chi connectivity index (χ0n) is 14.3. The minimum absolute atomic E-state index is 0.209. The molecule has 0 unspecified atom stereocenters. The fourth-order valence-corrected chi connectivity index (χ4v) is 3.19. The van der Waals surface area contributed by atoms with Gasteiger partial charge in [0.05, 0.1) is 5.52 Å². The number of hydrogen-bond donors (Lipinski definition) is 2. The molecule has 3 aromatic rings. The minimum Gasteiger partial charge on any atom is -0.477 e. The summed E-state index contributed by atoms with van der Waals surface area (Å²) in [6.07, 6.45) is 1.67. The smallest absolute Gasteiger partial charge is 0.352 e. The number of ether oxygens (including phenoxy) is 1. The number of nitrogens with zero attached hydrogens (tertiary/aromatic N) is 4. The first-order valence-electron chi connectivity index (χ1n) is 8.42. The van der Waals surface area contributed by atoms with Gasteiger partial charge in [-0.3, -0.25) is 0 Å². The van der Waals surface area contributed by atoms with Gasteiger partial charge in [0.15, 0.2) is 5.75 Å². The summed E-state index contributed by atoms with van der Waals surface area (Å²) < 4.78 is 7.61. The van der Waals surface area contributed by atoms with Crippen LogP contribution in [0.25, 0.3) is 10.9 Å². The van der Waals surface area contributed by atoms with E-state index in [1.807, 2.05) is 12.1 Å². The summed E-state index contributed by atoms with van der Waals surface area (Å²) in [6, 6.07) is 8.84. The van der Waals surface area contributed by atoms with E-state index in [-0.39, 0.29) is 5.69 Å². The lowest BCUT2D eigenvalue weighted by Crippen LogP contribution is -2.44. The number of carbonyl (C=O) groups is 1. The van der Waals surface area contributed by atoms with Crippen molar-refractivity contribution in [2.75, 3.05) is 31.1 Å². The number of benzene rings is 1. The molecule has 8 nitrogen and oxygen atoms in total. The van der Waals surface area contributed by atoms with Gasteiger partial charge in [0.25, 0.3) is 0 Å². The van der Waals surface area contributed by atoms with E-state index >= 15 is 0 Å². The van der Waals surface area contributed by atoms with Crippen LogP contribution in [0.15, 0.2) is 36.5 Å². The third kappa shape index (κ3) is 2.95. The number of nitrogens with one attached hydrogen (secondary N) is 1. The van der Waals surface area contributed by atoms with Crippen molar-refractivity contribution in [2.45, 2.75) is 0 Å². The van der Waals surface area contributed by atoms with Crippen molar-refractivity contribution in [2.24, 2.45) is 7.05 Å². The highest BCUT2D eigenvalue weighted by atomic mass is 16.5. The van der Waals surface area contributed by atoms with Crippen molar-refractivity contribution in [1.82, 2.24) is 19.9 Å². The summed E-state index contributed by atoms with van der Waals surface area (Å²) >= 11 is 0. The Morgan fingerprint density at radius 1 is 1.27 bits per heavy atom. The fourth-order valence-electron chi connectivity index (χ4n) is 3.19. The Labute approximate surface area is 150 Å². The van der Waals surface area contributed by atoms with E-state index in [4.69, 9.17) is 4.74 Å². The summed E-state index contributed by atoms with van der Waals surface area (Å²) in [6.45, 7) is 3.49. The zero-order chi connectivity index (χ0) is 18.1. The van der Waals surface area contributed by atoms with Crippen LogP contribution < -0.4 is 15.0 Å². The molecule has 0 atom stereocenters. The first kappa shape index (κ1) is 16.3. The second-order valence-corrected chi connectivity index (χ2v) is 6.12. The summed E-state index contributed by atoms with van der Waals surface area (Å²) in [5.41, 5.74) is 0.924. The average Bonchev–Trinajstić information content (AvgIpc) is 3.01. The van der Waals surface area contributed by atoms with Crippen LogP contribution in [0, 0.1) is 0 Å². The lowest BCUT2D eigenvalue weighted by atomic mass is 10.2. The van der Waals surface area contributed by atoms with Crippen molar-refractivity contribution in [3.8, 4) is 11.6 Å². The number of para-hydroxylation sites is 1. The normalized spacial score (nSPS) is 14.6. The van der Waals surface area contributed by atoms with E-state index in [1.165, 1.54) is 0 Å². The van der Waals surface area contributed by atoms with Crippen molar-refractivity contribution < 1.29 is 14.6 Å².